The normalized spacial score (nSPS) is 12.0. The molecule has 9 aromatic rings. The van der Waals surface area contributed by atoms with Crippen LogP contribution in [0.25, 0.3) is 87.7 Å². The molecule has 0 amide bonds. The summed E-state index contributed by atoms with van der Waals surface area (Å²) in [5.74, 6) is 0.866. The Kier molecular flexibility index (Phi) is 4.36. The van der Waals surface area contributed by atoms with Gasteiger partial charge < -0.3 is 8.83 Å². The number of fused-ring (bicyclic) bond motifs is 8. The number of hydrogen-bond acceptors (Lipinski definition) is 2. The predicted molar refractivity (Wildman–Crippen MR) is 167 cm³/mol. The Labute approximate surface area is 229 Å². The zero-order valence-corrected chi connectivity index (χ0v) is 21.5. The van der Waals surface area contributed by atoms with E-state index in [-0.39, 0.29) is 0 Å². The molecule has 9 rings (SSSR count). The fraction of sp³-hybridized carbons (Fsp3) is 0. The van der Waals surface area contributed by atoms with E-state index in [0.29, 0.717) is 0 Å². The minimum atomic E-state index is 0.862. The Bertz CT molecular complexity index is 2380. The average molecular weight is 511 g/mol. The fourth-order valence-corrected chi connectivity index (χ4v) is 6.51. The maximum absolute atomic E-state index is 6.66. The Morgan fingerprint density at radius 3 is 1.68 bits per heavy atom. The standard InChI is InChI=1S/C38H22O2/c1-2-10-24-21-25(18-17-23(24)9-1)36-26-11-3-5-13-28(26)37(29-14-6-4-12-27(29)36)35-22-31-33(40-35)19-20-34-38(31)30-15-7-8-16-32(30)39-34/h1-22H. The molecule has 0 aliphatic rings. The highest BCUT2D eigenvalue weighted by molar-refractivity contribution is 6.23. The summed E-state index contributed by atoms with van der Waals surface area (Å²) in [6, 6.07) is 47.2. The molecule has 2 aromatic heterocycles. The molecule has 0 radical (unpaired) electrons. The summed E-state index contributed by atoms with van der Waals surface area (Å²) in [7, 11) is 0. The van der Waals surface area contributed by atoms with Gasteiger partial charge in [-0.2, -0.15) is 0 Å². The van der Waals surface area contributed by atoms with Crippen molar-refractivity contribution in [2.75, 3.05) is 0 Å². The summed E-state index contributed by atoms with van der Waals surface area (Å²) in [5.41, 5.74) is 6.22. The number of rotatable bonds is 2. The van der Waals surface area contributed by atoms with E-state index < -0.39 is 0 Å². The van der Waals surface area contributed by atoms with Crippen molar-refractivity contribution in [1.29, 1.82) is 0 Å². The average Bonchev–Trinajstić information content (AvgIpc) is 3.61. The van der Waals surface area contributed by atoms with Gasteiger partial charge in [-0.25, -0.2) is 0 Å². The van der Waals surface area contributed by atoms with Gasteiger partial charge in [0.15, 0.2) is 0 Å². The molecule has 0 saturated carbocycles. The molecule has 0 atom stereocenters. The molecule has 0 saturated heterocycles. The van der Waals surface area contributed by atoms with Crippen molar-refractivity contribution in [3.8, 4) is 22.5 Å². The molecule has 0 fully saturated rings. The first kappa shape index (κ1) is 21.6. The van der Waals surface area contributed by atoms with E-state index in [4.69, 9.17) is 8.83 Å². The van der Waals surface area contributed by atoms with Crippen molar-refractivity contribution >= 4 is 65.2 Å². The largest absolute Gasteiger partial charge is 0.456 e. The summed E-state index contributed by atoms with van der Waals surface area (Å²) in [5, 5.41) is 10.6. The molecular formula is C38H22O2. The van der Waals surface area contributed by atoms with Crippen LogP contribution >= 0.6 is 0 Å². The molecule has 0 spiro atoms. The minimum Gasteiger partial charge on any atom is -0.456 e. The lowest BCUT2D eigenvalue weighted by Crippen LogP contribution is -1.90. The van der Waals surface area contributed by atoms with Gasteiger partial charge in [-0.05, 0) is 73.8 Å². The smallest absolute Gasteiger partial charge is 0.136 e. The zero-order valence-electron chi connectivity index (χ0n) is 21.5. The molecule has 0 unspecified atom stereocenters. The van der Waals surface area contributed by atoms with Crippen LogP contribution in [0.1, 0.15) is 0 Å². The van der Waals surface area contributed by atoms with E-state index in [1.54, 1.807) is 0 Å². The third kappa shape index (κ3) is 2.99. The zero-order chi connectivity index (χ0) is 26.2. The highest BCUT2D eigenvalue weighted by Gasteiger charge is 2.20. The lowest BCUT2D eigenvalue weighted by Gasteiger charge is -2.16. The Morgan fingerprint density at radius 1 is 0.350 bits per heavy atom. The van der Waals surface area contributed by atoms with Gasteiger partial charge in [0.2, 0.25) is 0 Å². The Balaban J connectivity index is 1.39. The van der Waals surface area contributed by atoms with E-state index in [2.05, 4.69) is 109 Å². The van der Waals surface area contributed by atoms with Gasteiger partial charge in [-0.3, -0.25) is 0 Å². The third-order valence-corrected chi connectivity index (χ3v) is 8.25. The second-order valence-corrected chi connectivity index (χ2v) is 10.5. The topological polar surface area (TPSA) is 26.3 Å². The van der Waals surface area contributed by atoms with Crippen LogP contribution in [-0.4, -0.2) is 0 Å². The summed E-state index contributed by atoms with van der Waals surface area (Å²) in [6.45, 7) is 0. The summed E-state index contributed by atoms with van der Waals surface area (Å²) >= 11 is 0. The van der Waals surface area contributed by atoms with Gasteiger partial charge in [0.1, 0.15) is 22.5 Å². The SMILES string of the molecule is c1ccc2cc(-c3c4ccccc4c(-c4cc5c(ccc6oc7ccccc7c65)o4)c4ccccc34)ccc2c1. The molecule has 2 nitrogen and oxygen atoms in total. The number of hydrogen-bond donors (Lipinski definition) is 0. The minimum absolute atomic E-state index is 0.862. The molecule has 2 heterocycles. The van der Waals surface area contributed by atoms with Crippen molar-refractivity contribution < 1.29 is 8.83 Å². The predicted octanol–water partition coefficient (Wildman–Crippen LogP) is 11.1. The van der Waals surface area contributed by atoms with Crippen molar-refractivity contribution in [1.82, 2.24) is 0 Å². The molecule has 40 heavy (non-hydrogen) atoms. The lowest BCUT2D eigenvalue weighted by atomic mass is 9.87. The van der Waals surface area contributed by atoms with Gasteiger partial charge in [0.05, 0.1) is 0 Å². The van der Waals surface area contributed by atoms with Gasteiger partial charge in [-0.1, -0.05) is 103 Å². The maximum Gasteiger partial charge on any atom is 0.136 e. The Hall–Kier alpha value is -5.34. The third-order valence-electron chi connectivity index (χ3n) is 8.25. The van der Waals surface area contributed by atoms with Crippen molar-refractivity contribution in [3.63, 3.8) is 0 Å². The first-order valence-electron chi connectivity index (χ1n) is 13.6. The molecular weight excluding hydrogens is 488 g/mol. The summed E-state index contributed by atoms with van der Waals surface area (Å²) in [6.07, 6.45) is 0. The van der Waals surface area contributed by atoms with Gasteiger partial charge >= 0.3 is 0 Å². The van der Waals surface area contributed by atoms with Crippen LogP contribution < -0.4 is 0 Å². The van der Waals surface area contributed by atoms with Crippen LogP contribution in [-0.2, 0) is 0 Å². The van der Waals surface area contributed by atoms with Crippen LogP contribution in [0.3, 0.4) is 0 Å². The molecule has 0 bridgehead atoms. The first-order valence-corrected chi connectivity index (χ1v) is 13.6. The van der Waals surface area contributed by atoms with Gasteiger partial charge in [-0.15, -0.1) is 0 Å². The summed E-state index contributed by atoms with van der Waals surface area (Å²) in [4.78, 5) is 0. The van der Waals surface area contributed by atoms with E-state index in [1.165, 1.54) is 43.4 Å². The van der Waals surface area contributed by atoms with Crippen LogP contribution in [0, 0.1) is 0 Å². The van der Waals surface area contributed by atoms with E-state index in [0.717, 1.165) is 44.2 Å². The van der Waals surface area contributed by atoms with Crippen molar-refractivity contribution in [2.45, 2.75) is 0 Å². The van der Waals surface area contributed by atoms with Crippen molar-refractivity contribution in [3.05, 3.63) is 133 Å². The molecule has 7 aromatic carbocycles. The monoisotopic (exact) mass is 510 g/mol. The highest BCUT2D eigenvalue weighted by Crippen LogP contribution is 2.46. The molecule has 2 heteroatoms. The molecule has 0 aliphatic heterocycles. The number of para-hydroxylation sites is 1. The van der Waals surface area contributed by atoms with E-state index in [9.17, 15) is 0 Å². The highest BCUT2D eigenvalue weighted by atomic mass is 16.3. The maximum atomic E-state index is 6.66. The number of benzene rings is 7. The molecule has 0 N–H and O–H groups in total. The Morgan fingerprint density at radius 2 is 0.925 bits per heavy atom. The molecule has 186 valence electrons. The van der Waals surface area contributed by atoms with Gasteiger partial charge in [0.25, 0.3) is 0 Å². The number of furan rings is 2. The van der Waals surface area contributed by atoms with Crippen LogP contribution in [0.2, 0.25) is 0 Å². The fourth-order valence-electron chi connectivity index (χ4n) is 6.51. The second kappa shape index (κ2) is 8.08. The van der Waals surface area contributed by atoms with Crippen LogP contribution in [0.4, 0.5) is 0 Å². The van der Waals surface area contributed by atoms with Gasteiger partial charge in [0, 0.05) is 21.7 Å². The lowest BCUT2D eigenvalue weighted by molar-refractivity contribution is 0.632. The second-order valence-electron chi connectivity index (χ2n) is 10.5. The summed E-state index contributed by atoms with van der Waals surface area (Å²) < 4.78 is 12.8. The van der Waals surface area contributed by atoms with E-state index >= 15 is 0 Å². The quantitative estimate of drug-likeness (QED) is 0.216. The van der Waals surface area contributed by atoms with Crippen molar-refractivity contribution in [2.24, 2.45) is 0 Å². The van der Waals surface area contributed by atoms with Crippen LogP contribution in [0.5, 0.6) is 0 Å². The van der Waals surface area contributed by atoms with E-state index in [1.807, 2.05) is 24.3 Å². The first-order chi connectivity index (χ1) is 19.8. The molecule has 0 aliphatic carbocycles. The van der Waals surface area contributed by atoms with Crippen LogP contribution in [0.15, 0.2) is 142 Å².